The maximum Gasteiger partial charge on any atom is 0.225 e. The highest BCUT2D eigenvalue weighted by Crippen LogP contribution is 2.14. The molecule has 0 spiro atoms. The predicted molar refractivity (Wildman–Crippen MR) is 81.4 cm³/mol. The molecule has 1 rings (SSSR count). The number of amides is 1. The van der Waals surface area contributed by atoms with Gasteiger partial charge in [-0.05, 0) is 36.9 Å². The van der Waals surface area contributed by atoms with Gasteiger partial charge in [-0.15, -0.1) is 0 Å². The molecule has 0 heterocycles. The average Bonchev–Trinajstić information content (AvgIpc) is 2.36. The van der Waals surface area contributed by atoms with Crippen LogP contribution in [0, 0.1) is 18.8 Å². The Morgan fingerprint density at radius 3 is 2.89 bits per heavy atom. The van der Waals surface area contributed by atoms with Crippen LogP contribution in [0.5, 0.6) is 0 Å². The fraction of sp³-hybridized carbons (Fsp3) is 0.400. The van der Waals surface area contributed by atoms with Crippen molar-refractivity contribution in [3.63, 3.8) is 0 Å². The standard InChI is InChI=1S/C15H19NO2S/c1-12-9-13(5-3-4-7-17)11-14(10-12)16-15(18)6-8-19-2/h9-11,17H,4,6-8H2,1-2H3,(H,16,18). The number of hydrogen-bond donors (Lipinski definition) is 2. The van der Waals surface area contributed by atoms with E-state index >= 15 is 0 Å². The number of carbonyl (C=O) groups is 1. The lowest BCUT2D eigenvalue weighted by Gasteiger charge is -2.06. The number of benzene rings is 1. The number of carbonyl (C=O) groups excluding carboxylic acids is 1. The molecule has 0 saturated heterocycles. The molecule has 1 aromatic carbocycles. The molecule has 0 fully saturated rings. The molecule has 102 valence electrons. The largest absolute Gasteiger partial charge is 0.395 e. The molecule has 2 N–H and O–H groups in total. The second-order valence-corrected chi connectivity index (χ2v) is 5.14. The Kier molecular flexibility index (Phi) is 7.09. The van der Waals surface area contributed by atoms with Crippen molar-refractivity contribution in [1.82, 2.24) is 0 Å². The molecule has 1 aromatic rings. The average molecular weight is 277 g/mol. The van der Waals surface area contributed by atoms with Crippen LogP contribution >= 0.6 is 11.8 Å². The van der Waals surface area contributed by atoms with Gasteiger partial charge < -0.3 is 10.4 Å². The van der Waals surface area contributed by atoms with Crippen LogP contribution in [-0.4, -0.2) is 29.6 Å². The fourth-order valence-electron chi connectivity index (χ4n) is 1.57. The summed E-state index contributed by atoms with van der Waals surface area (Å²) >= 11 is 1.65. The van der Waals surface area contributed by atoms with E-state index in [1.807, 2.05) is 31.4 Å². The van der Waals surface area contributed by atoms with Gasteiger partial charge in [-0.25, -0.2) is 0 Å². The predicted octanol–water partition coefficient (Wildman–Crippen LogP) is 2.42. The first kappa shape index (κ1) is 15.6. The molecule has 0 atom stereocenters. The molecule has 0 unspecified atom stereocenters. The lowest BCUT2D eigenvalue weighted by atomic mass is 10.1. The maximum absolute atomic E-state index is 11.7. The Balaban J connectivity index is 2.74. The van der Waals surface area contributed by atoms with E-state index in [2.05, 4.69) is 17.2 Å². The Morgan fingerprint density at radius 2 is 2.21 bits per heavy atom. The SMILES string of the molecule is CSCCC(=O)Nc1cc(C)cc(C#CCCO)c1. The first-order valence-corrected chi connectivity index (χ1v) is 7.55. The van der Waals surface area contributed by atoms with Gasteiger partial charge >= 0.3 is 0 Å². The summed E-state index contributed by atoms with van der Waals surface area (Å²) < 4.78 is 0. The third-order valence-corrected chi connectivity index (χ3v) is 2.98. The number of aryl methyl sites for hydroxylation is 1. The number of thioether (sulfide) groups is 1. The zero-order valence-electron chi connectivity index (χ0n) is 11.3. The number of aliphatic hydroxyl groups is 1. The molecule has 0 radical (unpaired) electrons. The van der Waals surface area contributed by atoms with E-state index < -0.39 is 0 Å². The lowest BCUT2D eigenvalue weighted by Crippen LogP contribution is -2.12. The summed E-state index contributed by atoms with van der Waals surface area (Å²) in [6.07, 6.45) is 2.96. The summed E-state index contributed by atoms with van der Waals surface area (Å²) in [7, 11) is 0. The lowest BCUT2D eigenvalue weighted by molar-refractivity contribution is -0.115. The molecule has 19 heavy (non-hydrogen) atoms. The van der Waals surface area contributed by atoms with E-state index in [4.69, 9.17) is 5.11 Å². The van der Waals surface area contributed by atoms with Gasteiger partial charge in [0.25, 0.3) is 0 Å². The molecule has 0 aromatic heterocycles. The van der Waals surface area contributed by atoms with E-state index in [9.17, 15) is 4.79 Å². The first-order chi connectivity index (χ1) is 9.15. The number of hydrogen-bond acceptors (Lipinski definition) is 3. The van der Waals surface area contributed by atoms with Gasteiger partial charge in [0.1, 0.15) is 0 Å². The topological polar surface area (TPSA) is 49.3 Å². The number of nitrogens with one attached hydrogen (secondary N) is 1. The minimum absolute atomic E-state index is 0.0224. The monoisotopic (exact) mass is 277 g/mol. The van der Waals surface area contributed by atoms with Crippen LogP contribution in [0.25, 0.3) is 0 Å². The molecule has 4 heteroatoms. The van der Waals surface area contributed by atoms with Gasteiger partial charge in [-0.2, -0.15) is 11.8 Å². The van der Waals surface area contributed by atoms with Crippen molar-refractivity contribution in [1.29, 1.82) is 0 Å². The van der Waals surface area contributed by atoms with Crippen LogP contribution in [0.4, 0.5) is 5.69 Å². The molecule has 0 aliphatic rings. The summed E-state index contributed by atoms with van der Waals surface area (Å²) in [5.74, 6) is 6.70. The molecule has 0 bridgehead atoms. The van der Waals surface area contributed by atoms with Crippen LogP contribution in [0.1, 0.15) is 24.0 Å². The van der Waals surface area contributed by atoms with Crippen LogP contribution in [0.2, 0.25) is 0 Å². The fourth-order valence-corrected chi connectivity index (χ4v) is 1.96. The Bertz CT molecular complexity index is 489. The van der Waals surface area contributed by atoms with Crippen molar-refractivity contribution in [2.24, 2.45) is 0 Å². The van der Waals surface area contributed by atoms with E-state index in [0.717, 1.165) is 22.6 Å². The smallest absolute Gasteiger partial charge is 0.225 e. The maximum atomic E-state index is 11.7. The minimum atomic E-state index is 0.0224. The number of anilines is 1. The summed E-state index contributed by atoms with van der Waals surface area (Å²) in [4.78, 5) is 11.7. The van der Waals surface area contributed by atoms with E-state index in [-0.39, 0.29) is 12.5 Å². The van der Waals surface area contributed by atoms with Gasteiger partial charge in [0.2, 0.25) is 5.91 Å². The van der Waals surface area contributed by atoms with Crippen molar-refractivity contribution in [3.8, 4) is 11.8 Å². The van der Waals surface area contributed by atoms with Gasteiger partial charge in [-0.1, -0.05) is 11.8 Å². The molecule has 0 saturated carbocycles. The van der Waals surface area contributed by atoms with Gasteiger partial charge in [-0.3, -0.25) is 4.79 Å². The highest BCUT2D eigenvalue weighted by Gasteiger charge is 2.03. The molecule has 3 nitrogen and oxygen atoms in total. The van der Waals surface area contributed by atoms with Gasteiger partial charge in [0, 0.05) is 29.8 Å². The van der Waals surface area contributed by atoms with E-state index in [1.54, 1.807) is 11.8 Å². The van der Waals surface area contributed by atoms with Gasteiger partial charge in [0.15, 0.2) is 0 Å². The molecular formula is C15H19NO2S. The van der Waals surface area contributed by atoms with Crippen molar-refractivity contribution in [2.45, 2.75) is 19.8 Å². The molecule has 0 aliphatic heterocycles. The summed E-state index contributed by atoms with van der Waals surface area (Å²) in [6.45, 7) is 2.03. The quantitative estimate of drug-likeness (QED) is 0.813. The van der Waals surface area contributed by atoms with Crippen molar-refractivity contribution >= 4 is 23.4 Å². The Morgan fingerprint density at radius 1 is 1.42 bits per heavy atom. The van der Waals surface area contributed by atoms with Crippen molar-refractivity contribution in [2.75, 3.05) is 23.9 Å². The second-order valence-electron chi connectivity index (χ2n) is 4.15. The summed E-state index contributed by atoms with van der Waals surface area (Å²) in [5, 5.41) is 11.6. The minimum Gasteiger partial charge on any atom is -0.395 e. The molecule has 1 amide bonds. The summed E-state index contributed by atoms with van der Waals surface area (Å²) in [5.41, 5.74) is 2.68. The van der Waals surface area contributed by atoms with Crippen molar-refractivity contribution in [3.05, 3.63) is 29.3 Å². The Labute approximate surface area is 118 Å². The van der Waals surface area contributed by atoms with Crippen LogP contribution in [-0.2, 0) is 4.79 Å². The number of rotatable bonds is 5. The third kappa shape index (κ3) is 6.32. The van der Waals surface area contributed by atoms with Gasteiger partial charge in [0.05, 0.1) is 6.61 Å². The molecular weight excluding hydrogens is 258 g/mol. The highest BCUT2D eigenvalue weighted by atomic mass is 32.2. The summed E-state index contributed by atoms with van der Waals surface area (Å²) in [6, 6.07) is 5.74. The highest BCUT2D eigenvalue weighted by molar-refractivity contribution is 7.98. The van der Waals surface area contributed by atoms with Crippen LogP contribution < -0.4 is 5.32 Å². The van der Waals surface area contributed by atoms with Crippen LogP contribution in [0.15, 0.2) is 18.2 Å². The van der Waals surface area contributed by atoms with Crippen LogP contribution in [0.3, 0.4) is 0 Å². The van der Waals surface area contributed by atoms with E-state index in [0.29, 0.717) is 12.8 Å². The zero-order chi connectivity index (χ0) is 14.1. The van der Waals surface area contributed by atoms with E-state index in [1.165, 1.54) is 0 Å². The second kappa shape index (κ2) is 8.63. The first-order valence-electron chi connectivity index (χ1n) is 6.16. The normalized spacial score (nSPS) is 9.63. The molecule has 0 aliphatic carbocycles. The third-order valence-electron chi connectivity index (χ3n) is 2.36. The van der Waals surface area contributed by atoms with Crippen molar-refractivity contribution < 1.29 is 9.90 Å². The Hall–Kier alpha value is -1.44. The number of aliphatic hydroxyl groups excluding tert-OH is 1. The zero-order valence-corrected chi connectivity index (χ0v) is 12.1.